The van der Waals surface area contributed by atoms with Crippen molar-refractivity contribution in [3.05, 3.63) is 0 Å². The number of nitrogens with one attached hydrogen (secondary N) is 1. The van der Waals surface area contributed by atoms with E-state index in [9.17, 15) is 13.2 Å². The quantitative estimate of drug-likeness (QED) is 0.685. The van der Waals surface area contributed by atoms with Crippen molar-refractivity contribution in [2.75, 3.05) is 6.61 Å². The molecule has 5 heteroatoms. The van der Waals surface area contributed by atoms with Gasteiger partial charge in [0.15, 0.2) is 0 Å². The Labute approximate surface area is 95.2 Å². The number of rotatable bonds is 8. The molecule has 16 heavy (non-hydrogen) atoms. The molecule has 0 aromatic heterocycles. The van der Waals surface area contributed by atoms with E-state index in [4.69, 9.17) is 5.11 Å². The predicted octanol–water partition coefficient (Wildman–Crippen LogP) is 2.86. The first-order valence-electron chi connectivity index (χ1n) is 5.79. The van der Waals surface area contributed by atoms with Crippen molar-refractivity contribution in [2.45, 2.75) is 64.2 Å². The van der Waals surface area contributed by atoms with Crippen LogP contribution in [0.2, 0.25) is 0 Å². The number of hydrogen-bond donors (Lipinski definition) is 2. The van der Waals surface area contributed by atoms with Gasteiger partial charge in [0, 0.05) is 25.1 Å². The summed E-state index contributed by atoms with van der Waals surface area (Å²) in [4.78, 5) is 0. The molecular formula is C11H22F3NO. The number of alkyl halides is 3. The molecule has 0 aliphatic carbocycles. The largest absolute Gasteiger partial charge is 0.396 e. The molecule has 0 saturated heterocycles. The first-order chi connectivity index (χ1) is 7.35. The van der Waals surface area contributed by atoms with Crippen molar-refractivity contribution >= 4 is 0 Å². The summed E-state index contributed by atoms with van der Waals surface area (Å²) >= 11 is 0. The van der Waals surface area contributed by atoms with Gasteiger partial charge in [-0.1, -0.05) is 0 Å². The summed E-state index contributed by atoms with van der Waals surface area (Å²) in [6, 6.07) is 0.337. The summed E-state index contributed by atoms with van der Waals surface area (Å²) in [5.74, 6) is 0. The second-order valence-corrected chi connectivity index (χ2v) is 4.34. The van der Waals surface area contributed by atoms with Gasteiger partial charge < -0.3 is 10.4 Å². The van der Waals surface area contributed by atoms with Crippen LogP contribution in [0.4, 0.5) is 13.2 Å². The lowest BCUT2D eigenvalue weighted by Gasteiger charge is -2.20. The second-order valence-electron chi connectivity index (χ2n) is 4.34. The molecule has 0 aliphatic heterocycles. The van der Waals surface area contributed by atoms with Gasteiger partial charge in [0.25, 0.3) is 0 Å². The minimum absolute atomic E-state index is 0.0936. The monoisotopic (exact) mass is 241 g/mol. The molecule has 0 spiro atoms. The summed E-state index contributed by atoms with van der Waals surface area (Å²) in [5.41, 5.74) is 0. The maximum atomic E-state index is 11.9. The summed E-state index contributed by atoms with van der Waals surface area (Å²) in [7, 11) is 0. The normalized spacial score (nSPS) is 16.1. The van der Waals surface area contributed by atoms with Gasteiger partial charge in [0.05, 0.1) is 0 Å². The summed E-state index contributed by atoms with van der Waals surface area (Å²) < 4.78 is 35.7. The average molecular weight is 241 g/mol. The number of aliphatic hydroxyl groups is 1. The van der Waals surface area contributed by atoms with Crippen LogP contribution in [0.3, 0.4) is 0 Å². The minimum atomic E-state index is -4.04. The number of halogens is 3. The molecule has 0 heterocycles. The van der Waals surface area contributed by atoms with Gasteiger partial charge in [-0.25, -0.2) is 0 Å². The van der Waals surface area contributed by atoms with E-state index in [-0.39, 0.29) is 25.1 Å². The standard InChI is InChI=1S/C11H22F3NO/c1-9(5-3-7-11(12,13)14)15-10(2)6-4-8-16/h9-10,15-16H,3-8H2,1-2H3. The summed E-state index contributed by atoms with van der Waals surface area (Å²) in [6.07, 6.45) is -2.47. The zero-order valence-corrected chi connectivity index (χ0v) is 9.98. The van der Waals surface area contributed by atoms with E-state index in [1.54, 1.807) is 0 Å². The Bertz CT molecular complexity index is 173. The van der Waals surface area contributed by atoms with Crippen molar-refractivity contribution in [1.82, 2.24) is 5.32 Å². The van der Waals surface area contributed by atoms with Crippen molar-refractivity contribution in [1.29, 1.82) is 0 Å². The highest BCUT2D eigenvalue weighted by Gasteiger charge is 2.26. The SMILES string of the molecule is CC(CCCO)NC(C)CCCC(F)(F)F. The van der Waals surface area contributed by atoms with Crippen molar-refractivity contribution < 1.29 is 18.3 Å². The Kier molecular flexibility index (Phi) is 7.76. The van der Waals surface area contributed by atoms with E-state index < -0.39 is 12.6 Å². The van der Waals surface area contributed by atoms with Crippen molar-refractivity contribution in [3.8, 4) is 0 Å². The van der Waals surface area contributed by atoms with Gasteiger partial charge in [-0.15, -0.1) is 0 Å². The third-order valence-corrected chi connectivity index (χ3v) is 2.46. The smallest absolute Gasteiger partial charge is 0.389 e. The third kappa shape index (κ3) is 10.2. The van der Waals surface area contributed by atoms with Crippen LogP contribution < -0.4 is 5.32 Å². The molecule has 0 saturated carbocycles. The van der Waals surface area contributed by atoms with E-state index in [2.05, 4.69) is 5.32 Å². The molecule has 98 valence electrons. The number of aliphatic hydroxyl groups excluding tert-OH is 1. The highest BCUT2D eigenvalue weighted by molar-refractivity contribution is 4.68. The van der Waals surface area contributed by atoms with Crippen molar-refractivity contribution in [2.24, 2.45) is 0 Å². The van der Waals surface area contributed by atoms with Crippen LogP contribution in [-0.2, 0) is 0 Å². The molecule has 0 aromatic rings. The molecule has 0 aliphatic rings. The Morgan fingerprint density at radius 3 is 2.00 bits per heavy atom. The van der Waals surface area contributed by atoms with Crippen LogP contribution in [-0.4, -0.2) is 30.0 Å². The Morgan fingerprint density at radius 2 is 1.56 bits per heavy atom. The van der Waals surface area contributed by atoms with Gasteiger partial charge in [0.1, 0.15) is 0 Å². The molecule has 0 aromatic carbocycles. The van der Waals surface area contributed by atoms with Crippen LogP contribution in [0.5, 0.6) is 0 Å². The molecule has 0 amide bonds. The van der Waals surface area contributed by atoms with Gasteiger partial charge in [0.2, 0.25) is 0 Å². The Morgan fingerprint density at radius 1 is 1.06 bits per heavy atom. The molecule has 2 atom stereocenters. The van der Waals surface area contributed by atoms with Gasteiger partial charge in [-0.3, -0.25) is 0 Å². The fourth-order valence-corrected chi connectivity index (χ4v) is 1.66. The molecule has 2 nitrogen and oxygen atoms in total. The third-order valence-electron chi connectivity index (χ3n) is 2.46. The van der Waals surface area contributed by atoms with Crippen LogP contribution in [0.15, 0.2) is 0 Å². The predicted molar refractivity (Wildman–Crippen MR) is 58.3 cm³/mol. The molecule has 2 N–H and O–H groups in total. The Hall–Kier alpha value is -0.290. The zero-order valence-electron chi connectivity index (χ0n) is 9.98. The summed E-state index contributed by atoms with van der Waals surface area (Å²) in [6.45, 7) is 4.04. The number of hydrogen-bond acceptors (Lipinski definition) is 2. The lowest BCUT2D eigenvalue weighted by Crippen LogP contribution is -2.34. The topological polar surface area (TPSA) is 32.3 Å². The highest BCUT2D eigenvalue weighted by atomic mass is 19.4. The first-order valence-corrected chi connectivity index (χ1v) is 5.79. The van der Waals surface area contributed by atoms with Gasteiger partial charge in [-0.2, -0.15) is 13.2 Å². The molecule has 0 rings (SSSR count). The highest BCUT2D eigenvalue weighted by Crippen LogP contribution is 2.22. The van der Waals surface area contributed by atoms with Crippen LogP contribution in [0.1, 0.15) is 46.0 Å². The molecule has 0 radical (unpaired) electrons. The van der Waals surface area contributed by atoms with E-state index in [1.807, 2.05) is 13.8 Å². The van der Waals surface area contributed by atoms with Crippen molar-refractivity contribution in [3.63, 3.8) is 0 Å². The van der Waals surface area contributed by atoms with Crippen LogP contribution in [0.25, 0.3) is 0 Å². The lowest BCUT2D eigenvalue weighted by molar-refractivity contribution is -0.135. The first kappa shape index (κ1) is 15.7. The zero-order chi connectivity index (χ0) is 12.6. The second kappa shape index (κ2) is 7.90. The van der Waals surface area contributed by atoms with E-state index in [0.29, 0.717) is 6.42 Å². The minimum Gasteiger partial charge on any atom is -0.396 e. The molecular weight excluding hydrogens is 219 g/mol. The van der Waals surface area contributed by atoms with E-state index in [0.717, 1.165) is 12.8 Å². The Balaban J connectivity index is 3.54. The van der Waals surface area contributed by atoms with Crippen LogP contribution in [0, 0.1) is 0 Å². The fraction of sp³-hybridized carbons (Fsp3) is 1.00. The molecule has 2 unspecified atom stereocenters. The maximum Gasteiger partial charge on any atom is 0.389 e. The van der Waals surface area contributed by atoms with E-state index >= 15 is 0 Å². The van der Waals surface area contributed by atoms with Gasteiger partial charge in [-0.05, 0) is 39.5 Å². The fourth-order valence-electron chi connectivity index (χ4n) is 1.66. The lowest BCUT2D eigenvalue weighted by atomic mass is 10.1. The average Bonchev–Trinajstić information content (AvgIpc) is 2.12. The molecule has 0 fully saturated rings. The molecule has 0 bridgehead atoms. The maximum absolute atomic E-state index is 11.9. The van der Waals surface area contributed by atoms with E-state index in [1.165, 1.54) is 0 Å². The van der Waals surface area contributed by atoms with Gasteiger partial charge >= 0.3 is 6.18 Å². The van der Waals surface area contributed by atoms with Crippen LogP contribution >= 0.6 is 0 Å². The summed E-state index contributed by atoms with van der Waals surface area (Å²) in [5, 5.41) is 11.8.